The van der Waals surface area contributed by atoms with Crippen LogP contribution in [0.2, 0.25) is 0 Å². The molecule has 0 aliphatic carbocycles. The summed E-state index contributed by atoms with van der Waals surface area (Å²) in [6.45, 7) is 6.91. The minimum absolute atomic E-state index is 0.245. The van der Waals surface area contributed by atoms with Gasteiger partial charge in [0.1, 0.15) is 5.00 Å². The Labute approximate surface area is 123 Å². The molecule has 0 atom stereocenters. The summed E-state index contributed by atoms with van der Waals surface area (Å²) in [7, 11) is 0. The summed E-state index contributed by atoms with van der Waals surface area (Å²) in [5.74, 6) is -0.245. The van der Waals surface area contributed by atoms with E-state index in [0.717, 1.165) is 15.4 Å². The van der Waals surface area contributed by atoms with Crippen molar-refractivity contribution in [1.82, 2.24) is 0 Å². The lowest BCUT2D eigenvalue weighted by atomic mass is 10.1. The highest BCUT2D eigenvalue weighted by Gasteiger charge is 2.20. The molecule has 0 spiro atoms. The maximum atomic E-state index is 12.1. The molecule has 0 unspecified atom stereocenters. The highest BCUT2D eigenvalue weighted by atomic mass is 32.1. The van der Waals surface area contributed by atoms with Gasteiger partial charge < -0.3 is 10.1 Å². The number of anilines is 1. The Morgan fingerprint density at radius 1 is 1.25 bits per heavy atom. The normalized spacial score (nSPS) is 10.3. The molecule has 0 bridgehead atoms. The molecule has 1 aromatic carbocycles. The molecule has 3 nitrogen and oxygen atoms in total. The smallest absolute Gasteiger partial charge is 0.341 e. The number of carbonyl (C=O) groups is 1. The fourth-order valence-electron chi connectivity index (χ4n) is 1.98. The lowest BCUT2D eigenvalue weighted by Crippen LogP contribution is -2.09. The Kier molecular flexibility index (Phi) is 4.79. The Balaban J connectivity index is 2.19. The van der Waals surface area contributed by atoms with Crippen molar-refractivity contribution >= 4 is 22.3 Å². The van der Waals surface area contributed by atoms with Crippen molar-refractivity contribution < 1.29 is 9.53 Å². The zero-order chi connectivity index (χ0) is 14.5. The lowest BCUT2D eigenvalue weighted by molar-refractivity contribution is 0.0527. The number of esters is 1. The first kappa shape index (κ1) is 14.6. The average molecular weight is 289 g/mol. The molecule has 1 aromatic heterocycles. The molecule has 0 radical (unpaired) electrons. The molecule has 0 aliphatic rings. The first-order valence-electron chi connectivity index (χ1n) is 6.68. The van der Waals surface area contributed by atoms with E-state index >= 15 is 0 Å². The van der Waals surface area contributed by atoms with E-state index in [9.17, 15) is 4.79 Å². The lowest BCUT2D eigenvalue weighted by Gasteiger charge is -2.08. The third-order valence-corrected chi connectivity index (χ3v) is 4.33. The minimum atomic E-state index is -0.245. The third-order valence-electron chi connectivity index (χ3n) is 3.16. The predicted octanol–water partition coefficient (Wildman–Crippen LogP) is 4.15. The van der Waals surface area contributed by atoms with Crippen molar-refractivity contribution in [2.75, 3.05) is 11.9 Å². The number of rotatable bonds is 5. The largest absolute Gasteiger partial charge is 0.462 e. The van der Waals surface area contributed by atoms with E-state index in [1.54, 1.807) is 11.3 Å². The molecule has 2 rings (SSSR count). The van der Waals surface area contributed by atoms with Crippen molar-refractivity contribution in [2.24, 2.45) is 0 Å². The van der Waals surface area contributed by atoms with E-state index in [1.165, 1.54) is 5.56 Å². The summed E-state index contributed by atoms with van der Waals surface area (Å²) < 4.78 is 5.14. The topological polar surface area (TPSA) is 38.3 Å². The summed E-state index contributed by atoms with van der Waals surface area (Å²) in [6, 6.07) is 10.1. The third kappa shape index (κ3) is 3.20. The number of carbonyl (C=O) groups excluding carboxylic acids is 1. The molecule has 4 heteroatoms. The highest BCUT2D eigenvalue weighted by Crippen LogP contribution is 2.33. The zero-order valence-corrected chi connectivity index (χ0v) is 12.8. The first-order chi connectivity index (χ1) is 9.63. The quantitative estimate of drug-likeness (QED) is 0.840. The van der Waals surface area contributed by atoms with Crippen LogP contribution in [0.25, 0.3) is 0 Å². The monoisotopic (exact) mass is 289 g/mol. The number of aryl methyl sites for hydroxylation is 1. The van der Waals surface area contributed by atoms with Crippen LogP contribution in [-0.4, -0.2) is 12.6 Å². The van der Waals surface area contributed by atoms with Crippen LogP contribution in [0.15, 0.2) is 30.3 Å². The molecule has 20 heavy (non-hydrogen) atoms. The number of ether oxygens (including phenoxy) is 1. The van der Waals surface area contributed by atoms with E-state index in [0.29, 0.717) is 18.7 Å². The summed E-state index contributed by atoms with van der Waals surface area (Å²) in [4.78, 5) is 13.2. The first-order valence-corrected chi connectivity index (χ1v) is 7.50. The number of benzene rings is 1. The molecular weight excluding hydrogens is 270 g/mol. The highest BCUT2D eigenvalue weighted by molar-refractivity contribution is 7.16. The Bertz CT molecular complexity index is 590. The van der Waals surface area contributed by atoms with Crippen LogP contribution in [0.5, 0.6) is 0 Å². The van der Waals surface area contributed by atoms with Crippen LogP contribution in [0, 0.1) is 13.8 Å². The maximum Gasteiger partial charge on any atom is 0.341 e. The molecule has 0 amide bonds. The van der Waals surface area contributed by atoms with Crippen molar-refractivity contribution in [3.63, 3.8) is 0 Å². The van der Waals surface area contributed by atoms with Crippen molar-refractivity contribution in [3.8, 4) is 0 Å². The van der Waals surface area contributed by atoms with Crippen LogP contribution in [0.4, 0.5) is 5.00 Å². The van der Waals surface area contributed by atoms with E-state index in [1.807, 2.05) is 39.0 Å². The molecule has 0 saturated carbocycles. The Hall–Kier alpha value is -1.81. The van der Waals surface area contributed by atoms with Crippen LogP contribution >= 0.6 is 11.3 Å². The molecule has 1 N–H and O–H groups in total. The summed E-state index contributed by atoms with van der Waals surface area (Å²) >= 11 is 1.60. The molecule has 106 valence electrons. The second kappa shape index (κ2) is 6.57. The van der Waals surface area contributed by atoms with Gasteiger partial charge in [0.2, 0.25) is 0 Å². The van der Waals surface area contributed by atoms with E-state index in [4.69, 9.17) is 4.74 Å². The van der Waals surface area contributed by atoms with Crippen molar-refractivity contribution in [3.05, 3.63) is 51.9 Å². The fraction of sp³-hybridized carbons (Fsp3) is 0.312. The predicted molar refractivity (Wildman–Crippen MR) is 83.5 cm³/mol. The molecule has 1 heterocycles. The summed E-state index contributed by atoms with van der Waals surface area (Å²) in [5, 5.41) is 4.24. The van der Waals surface area contributed by atoms with Gasteiger partial charge in [-0.05, 0) is 31.9 Å². The van der Waals surface area contributed by atoms with Crippen molar-refractivity contribution in [1.29, 1.82) is 0 Å². The van der Waals surface area contributed by atoms with Gasteiger partial charge in [0, 0.05) is 11.4 Å². The van der Waals surface area contributed by atoms with Crippen LogP contribution in [0.3, 0.4) is 0 Å². The molecule has 0 aliphatic heterocycles. The summed E-state index contributed by atoms with van der Waals surface area (Å²) in [6.07, 6.45) is 0. The van der Waals surface area contributed by atoms with Crippen LogP contribution < -0.4 is 5.32 Å². The van der Waals surface area contributed by atoms with Gasteiger partial charge in [0.15, 0.2) is 0 Å². The van der Waals surface area contributed by atoms with Gasteiger partial charge >= 0.3 is 5.97 Å². The maximum absolute atomic E-state index is 12.1. The molecule has 0 fully saturated rings. The number of hydrogen-bond acceptors (Lipinski definition) is 4. The molecular formula is C16H19NO2S. The zero-order valence-electron chi connectivity index (χ0n) is 12.0. The van der Waals surface area contributed by atoms with Crippen LogP contribution in [0.1, 0.15) is 33.3 Å². The van der Waals surface area contributed by atoms with E-state index in [-0.39, 0.29) is 5.97 Å². The Morgan fingerprint density at radius 2 is 1.95 bits per heavy atom. The number of nitrogens with one attached hydrogen (secondary N) is 1. The van der Waals surface area contributed by atoms with Gasteiger partial charge in [-0.25, -0.2) is 4.79 Å². The second-order valence-corrected chi connectivity index (χ2v) is 5.77. The second-order valence-electron chi connectivity index (χ2n) is 4.55. The average Bonchev–Trinajstić information content (AvgIpc) is 2.73. The van der Waals surface area contributed by atoms with Gasteiger partial charge in [-0.2, -0.15) is 0 Å². The Morgan fingerprint density at radius 3 is 2.60 bits per heavy atom. The van der Waals surface area contributed by atoms with Gasteiger partial charge in [0.25, 0.3) is 0 Å². The number of hydrogen-bond donors (Lipinski definition) is 1. The van der Waals surface area contributed by atoms with E-state index < -0.39 is 0 Å². The molecule has 2 aromatic rings. The summed E-state index contributed by atoms with van der Waals surface area (Å²) in [5.41, 5.74) is 2.86. The van der Waals surface area contributed by atoms with E-state index in [2.05, 4.69) is 17.4 Å². The van der Waals surface area contributed by atoms with Gasteiger partial charge in [-0.3, -0.25) is 0 Å². The van der Waals surface area contributed by atoms with Gasteiger partial charge in [0.05, 0.1) is 12.2 Å². The van der Waals surface area contributed by atoms with Gasteiger partial charge in [-0.15, -0.1) is 11.3 Å². The molecule has 0 saturated heterocycles. The van der Waals surface area contributed by atoms with Crippen LogP contribution in [-0.2, 0) is 11.3 Å². The standard InChI is InChI=1S/C16H19NO2S/c1-4-19-16(18)14-11(2)12(3)20-15(14)17-10-13-8-6-5-7-9-13/h5-9,17H,4,10H2,1-3H3. The van der Waals surface area contributed by atoms with Crippen molar-refractivity contribution in [2.45, 2.75) is 27.3 Å². The number of thiophene rings is 1. The fourth-order valence-corrected chi connectivity index (χ4v) is 3.02. The minimum Gasteiger partial charge on any atom is -0.462 e. The van der Waals surface area contributed by atoms with Gasteiger partial charge in [-0.1, -0.05) is 30.3 Å². The SMILES string of the molecule is CCOC(=O)c1c(NCc2ccccc2)sc(C)c1C.